The van der Waals surface area contributed by atoms with Gasteiger partial charge < -0.3 is 14.8 Å². The van der Waals surface area contributed by atoms with Gasteiger partial charge in [0.15, 0.2) is 0 Å². The molecule has 1 rings (SSSR count). The number of nitrogens with zero attached hydrogens (tertiary/aromatic N) is 2. The number of hydrogen-bond acceptors (Lipinski definition) is 5. The van der Waals surface area contributed by atoms with Crippen molar-refractivity contribution >= 4 is 17.5 Å². The number of alkyl halides is 1. The minimum Gasteiger partial charge on any atom is -0.475 e. The van der Waals surface area contributed by atoms with Crippen LogP contribution in [0.3, 0.4) is 0 Å². The van der Waals surface area contributed by atoms with Crippen LogP contribution in [0.25, 0.3) is 0 Å². The molecule has 0 fully saturated rings. The van der Waals surface area contributed by atoms with Crippen LogP contribution in [0.15, 0.2) is 6.07 Å². The van der Waals surface area contributed by atoms with Crippen molar-refractivity contribution in [3.8, 4) is 5.88 Å². The molecule has 6 heteroatoms. The fourth-order valence-corrected chi connectivity index (χ4v) is 1.56. The topological polar surface area (TPSA) is 56.3 Å². The van der Waals surface area contributed by atoms with E-state index in [0.29, 0.717) is 30.9 Å². The average Bonchev–Trinajstić information content (AvgIpc) is 2.32. The van der Waals surface area contributed by atoms with Gasteiger partial charge in [0.25, 0.3) is 0 Å². The molecule has 5 nitrogen and oxygen atoms in total. The molecule has 0 amide bonds. The maximum Gasteiger partial charge on any atom is 0.226 e. The van der Waals surface area contributed by atoms with Gasteiger partial charge in [0.05, 0.1) is 12.7 Å². The Morgan fingerprint density at radius 1 is 1.32 bits per heavy atom. The molecule has 0 saturated heterocycles. The molecule has 0 unspecified atom stereocenters. The minimum absolute atomic E-state index is 0.103. The van der Waals surface area contributed by atoms with E-state index in [1.54, 1.807) is 0 Å². The third-order valence-electron chi connectivity index (χ3n) is 2.16. The first kappa shape index (κ1) is 16.0. The number of aromatic nitrogens is 2. The fourth-order valence-electron chi connectivity index (χ4n) is 1.45. The van der Waals surface area contributed by atoms with Crippen LogP contribution < -0.4 is 10.1 Å². The molecule has 19 heavy (non-hydrogen) atoms. The Labute approximate surface area is 119 Å². The summed E-state index contributed by atoms with van der Waals surface area (Å²) >= 11 is 5.51. The lowest BCUT2D eigenvalue weighted by Gasteiger charge is -2.11. The number of anilines is 1. The molecule has 0 bridgehead atoms. The quantitative estimate of drug-likeness (QED) is 0.559. The van der Waals surface area contributed by atoms with Gasteiger partial charge in [0.1, 0.15) is 0 Å². The Balaban J connectivity index is 2.38. The van der Waals surface area contributed by atoms with Gasteiger partial charge in [-0.2, -0.15) is 4.98 Å². The number of rotatable bonds is 9. The van der Waals surface area contributed by atoms with Crippen LogP contribution in [-0.2, 0) is 4.74 Å². The van der Waals surface area contributed by atoms with E-state index in [-0.39, 0.29) is 6.10 Å². The molecule has 0 aliphatic rings. The molecule has 108 valence electrons. The molecule has 0 aromatic carbocycles. The number of nitrogens with one attached hydrogen (secondary N) is 1. The van der Waals surface area contributed by atoms with Gasteiger partial charge in [-0.05, 0) is 27.2 Å². The van der Waals surface area contributed by atoms with E-state index in [1.165, 1.54) is 0 Å². The highest BCUT2D eigenvalue weighted by Gasteiger charge is 2.04. The molecule has 0 saturated carbocycles. The molecule has 0 radical (unpaired) electrons. The van der Waals surface area contributed by atoms with Gasteiger partial charge in [-0.15, -0.1) is 11.6 Å². The zero-order valence-electron chi connectivity index (χ0n) is 11.8. The highest BCUT2D eigenvalue weighted by molar-refractivity contribution is 6.17. The van der Waals surface area contributed by atoms with Crippen LogP contribution in [0.5, 0.6) is 5.88 Å². The average molecular weight is 288 g/mol. The largest absolute Gasteiger partial charge is 0.475 e. The van der Waals surface area contributed by atoms with E-state index < -0.39 is 0 Å². The Kier molecular flexibility index (Phi) is 7.52. The van der Waals surface area contributed by atoms with Gasteiger partial charge >= 0.3 is 0 Å². The summed E-state index contributed by atoms with van der Waals surface area (Å²) in [4.78, 5) is 8.61. The standard InChI is InChI=1S/C13H22ClN3O2/c1-10(2)19-12-9-11(3)16-13(17-12)15-6-4-7-18-8-5-14/h9-10H,4-8H2,1-3H3,(H,15,16,17). The van der Waals surface area contributed by atoms with Gasteiger partial charge in [0.2, 0.25) is 11.8 Å². The van der Waals surface area contributed by atoms with Gasteiger partial charge in [-0.25, -0.2) is 4.98 Å². The molecule has 1 heterocycles. The second-order valence-corrected chi connectivity index (χ2v) is 4.80. The highest BCUT2D eigenvalue weighted by Crippen LogP contribution is 2.13. The SMILES string of the molecule is Cc1cc(OC(C)C)nc(NCCCOCCCl)n1. The first-order chi connectivity index (χ1) is 9.11. The summed E-state index contributed by atoms with van der Waals surface area (Å²) in [5, 5.41) is 3.16. The van der Waals surface area contributed by atoms with Crippen molar-refractivity contribution in [2.45, 2.75) is 33.3 Å². The highest BCUT2D eigenvalue weighted by atomic mass is 35.5. The third kappa shape index (κ3) is 7.18. The van der Waals surface area contributed by atoms with Crippen molar-refractivity contribution in [1.29, 1.82) is 0 Å². The Bertz CT molecular complexity index is 375. The van der Waals surface area contributed by atoms with E-state index >= 15 is 0 Å². The maximum absolute atomic E-state index is 5.56. The summed E-state index contributed by atoms with van der Waals surface area (Å²) in [7, 11) is 0. The smallest absolute Gasteiger partial charge is 0.226 e. The molecule has 0 aliphatic carbocycles. The van der Waals surface area contributed by atoms with E-state index in [9.17, 15) is 0 Å². The summed E-state index contributed by atoms with van der Waals surface area (Å²) in [6, 6.07) is 1.83. The molecular formula is C13H22ClN3O2. The number of aryl methyl sites for hydroxylation is 1. The molecule has 0 aliphatic heterocycles. The van der Waals surface area contributed by atoms with Crippen molar-refractivity contribution in [3.05, 3.63) is 11.8 Å². The third-order valence-corrected chi connectivity index (χ3v) is 2.31. The monoisotopic (exact) mass is 287 g/mol. The summed E-state index contributed by atoms with van der Waals surface area (Å²) < 4.78 is 10.8. The molecular weight excluding hydrogens is 266 g/mol. The first-order valence-corrected chi connectivity index (χ1v) is 7.05. The maximum atomic E-state index is 5.56. The van der Waals surface area contributed by atoms with Crippen LogP contribution >= 0.6 is 11.6 Å². The minimum atomic E-state index is 0.103. The lowest BCUT2D eigenvalue weighted by atomic mass is 10.4. The van der Waals surface area contributed by atoms with Crippen LogP contribution in [-0.4, -0.2) is 41.7 Å². The van der Waals surface area contributed by atoms with Crippen molar-refractivity contribution in [2.24, 2.45) is 0 Å². The molecule has 0 spiro atoms. The number of ether oxygens (including phenoxy) is 2. The normalized spacial score (nSPS) is 10.8. The van der Waals surface area contributed by atoms with Crippen molar-refractivity contribution in [2.75, 3.05) is 31.0 Å². The molecule has 1 N–H and O–H groups in total. The van der Waals surface area contributed by atoms with Crippen molar-refractivity contribution in [1.82, 2.24) is 9.97 Å². The van der Waals surface area contributed by atoms with Crippen LogP contribution in [0.2, 0.25) is 0 Å². The predicted octanol–water partition coefficient (Wildman–Crippen LogP) is 2.63. The van der Waals surface area contributed by atoms with Crippen molar-refractivity contribution < 1.29 is 9.47 Å². The van der Waals surface area contributed by atoms with Gasteiger partial charge in [-0.1, -0.05) is 0 Å². The second-order valence-electron chi connectivity index (χ2n) is 4.42. The molecule has 1 aromatic rings. The Morgan fingerprint density at radius 2 is 2.11 bits per heavy atom. The Hall–Kier alpha value is -1.07. The predicted molar refractivity (Wildman–Crippen MR) is 77.2 cm³/mol. The van der Waals surface area contributed by atoms with E-state index in [0.717, 1.165) is 18.7 Å². The lowest BCUT2D eigenvalue weighted by Crippen LogP contribution is -2.12. The summed E-state index contributed by atoms with van der Waals surface area (Å²) in [6.45, 7) is 7.89. The second kappa shape index (κ2) is 8.93. The summed E-state index contributed by atoms with van der Waals surface area (Å²) in [5.74, 6) is 1.72. The number of halogens is 1. The fraction of sp³-hybridized carbons (Fsp3) is 0.692. The zero-order chi connectivity index (χ0) is 14.1. The van der Waals surface area contributed by atoms with Gasteiger partial charge in [0, 0.05) is 30.8 Å². The van der Waals surface area contributed by atoms with E-state index in [1.807, 2.05) is 26.8 Å². The van der Waals surface area contributed by atoms with Gasteiger partial charge in [-0.3, -0.25) is 0 Å². The van der Waals surface area contributed by atoms with Crippen LogP contribution in [0.1, 0.15) is 26.0 Å². The Morgan fingerprint density at radius 3 is 2.79 bits per heavy atom. The number of hydrogen-bond donors (Lipinski definition) is 1. The van der Waals surface area contributed by atoms with Crippen molar-refractivity contribution in [3.63, 3.8) is 0 Å². The lowest BCUT2D eigenvalue weighted by molar-refractivity contribution is 0.149. The van der Waals surface area contributed by atoms with Crippen LogP contribution in [0.4, 0.5) is 5.95 Å². The zero-order valence-corrected chi connectivity index (χ0v) is 12.5. The molecule has 0 atom stereocenters. The summed E-state index contributed by atoms with van der Waals surface area (Å²) in [5.41, 5.74) is 0.881. The van der Waals surface area contributed by atoms with E-state index in [2.05, 4.69) is 15.3 Å². The first-order valence-electron chi connectivity index (χ1n) is 6.51. The summed E-state index contributed by atoms with van der Waals surface area (Å²) in [6.07, 6.45) is 0.986. The molecule has 1 aromatic heterocycles. The van der Waals surface area contributed by atoms with Crippen LogP contribution in [0, 0.1) is 6.92 Å². The van der Waals surface area contributed by atoms with E-state index in [4.69, 9.17) is 21.1 Å².